The number of hydrogen-bond acceptors (Lipinski definition) is 8. The molecule has 1 aliphatic carbocycles. The van der Waals surface area contributed by atoms with Crippen molar-refractivity contribution >= 4 is 0 Å². The first-order valence-electron chi connectivity index (χ1n) is 8.88. The molecule has 0 aliphatic heterocycles. The number of nitrogens with zero attached hydrogens (tertiary/aromatic N) is 4. The lowest BCUT2D eigenvalue weighted by Crippen LogP contribution is -2.32. The van der Waals surface area contributed by atoms with Gasteiger partial charge in [-0.1, -0.05) is 24.3 Å². The van der Waals surface area contributed by atoms with Crippen molar-refractivity contribution in [2.45, 2.75) is 24.9 Å². The molecule has 8 heteroatoms. The van der Waals surface area contributed by atoms with Gasteiger partial charge in [-0.05, 0) is 29.5 Å². The highest BCUT2D eigenvalue weighted by atomic mass is 16.5. The summed E-state index contributed by atoms with van der Waals surface area (Å²) in [4.78, 5) is 12.4. The molecule has 0 atom stereocenters. The minimum Gasteiger partial charge on any atom is -0.491 e. The predicted molar refractivity (Wildman–Crippen MR) is 97.5 cm³/mol. The van der Waals surface area contributed by atoms with Gasteiger partial charge in [0.1, 0.15) is 11.8 Å². The van der Waals surface area contributed by atoms with Gasteiger partial charge in [-0.2, -0.15) is 0 Å². The summed E-state index contributed by atoms with van der Waals surface area (Å²) in [5.74, 6) is 1.87. The van der Waals surface area contributed by atoms with Crippen LogP contribution in [-0.4, -0.2) is 31.3 Å². The third kappa shape index (κ3) is 3.20. The fourth-order valence-corrected chi connectivity index (χ4v) is 3.27. The Morgan fingerprint density at radius 3 is 2.50 bits per heavy atom. The lowest BCUT2D eigenvalue weighted by Gasteiger charge is -2.35. The molecular formula is C20H16N4O4. The van der Waals surface area contributed by atoms with Crippen LogP contribution in [0.25, 0.3) is 22.8 Å². The van der Waals surface area contributed by atoms with E-state index < -0.39 is 0 Å². The molecule has 0 unspecified atom stereocenters. The van der Waals surface area contributed by atoms with Gasteiger partial charge in [0, 0.05) is 5.56 Å². The molecule has 1 N–H and O–H groups in total. The average Bonchev–Trinajstić information content (AvgIpc) is 3.37. The van der Waals surface area contributed by atoms with Crippen molar-refractivity contribution in [2.24, 2.45) is 0 Å². The molecule has 1 aliphatic rings. The van der Waals surface area contributed by atoms with Gasteiger partial charge in [0.05, 0.1) is 24.7 Å². The van der Waals surface area contributed by atoms with Gasteiger partial charge >= 0.3 is 0 Å². The maximum atomic E-state index is 9.22. The van der Waals surface area contributed by atoms with Gasteiger partial charge < -0.3 is 18.8 Å². The minimum atomic E-state index is -0.188. The monoisotopic (exact) mass is 376 g/mol. The van der Waals surface area contributed by atoms with Crippen LogP contribution in [0.15, 0.2) is 64.3 Å². The van der Waals surface area contributed by atoms with E-state index >= 15 is 0 Å². The second kappa shape index (κ2) is 6.80. The molecule has 1 aromatic carbocycles. The number of ether oxygens (including phenoxy) is 1. The molecule has 1 fully saturated rings. The number of aromatic nitrogens is 4. The molecule has 4 aromatic rings. The highest BCUT2D eigenvalue weighted by Gasteiger charge is 2.32. The fraction of sp³-hybridized carbons (Fsp3) is 0.200. The van der Waals surface area contributed by atoms with E-state index in [0.29, 0.717) is 23.3 Å². The minimum absolute atomic E-state index is 0.119. The Labute approximate surface area is 159 Å². The summed E-state index contributed by atoms with van der Waals surface area (Å²) in [6.07, 6.45) is 8.21. The average molecular weight is 376 g/mol. The van der Waals surface area contributed by atoms with E-state index in [9.17, 15) is 5.11 Å². The highest BCUT2D eigenvalue weighted by Crippen LogP contribution is 2.39. The van der Waals surface area contributed by atoms with E-state index in [2.05, 4.69) is 44.4 Å². The van der Waals surface area contributed by atoms with Crippen molar-refractivity contribution in [1.82, 2.24) is 20.1 Å². The number of oxazole rings is 1. The molecule has 28 heavy (non-hydrogen) atoms. The lowest BCUT2D eigenvalue weighted by atomic mass is 9.77. The number of hydrogen-bond donors (Lipinski definition) is 1. The summed E-state index contributed by atoms with van der Waals surface area (Å²) in [6, 6.07) is 9.74. The first-order valence-corrected chi connectivity index (χ1v) is 8.88. The van der Waals surface area contributed by atoms with E-state index in [1.807, 2.05) is 0 Å². The zero-order valence-electron chi connectivity index (χ0n) is 14.7. The van der Waals surface area contributed by atoms with Gasteiger partial charge in [-0.3, -0.25) is 0 Å². The normalized spacial score (nSPS) is 18.6. The lowest BCUT2D eigenvalue weighted by molar-refractivity contribution is 0.0931. The number of rotatable bonds is 5. The molecule has 140 valence electrons. The number of benzene rings is 1. The van der Waals surface area contributed by atoms with Crippen LogP contribution in [0.1, 0.15) is 24.3 Å². The molecule has 3 heterocycles. The fourth-order valence-electron chi connectivity index (χ4n) is 3.27. The third-order valence-corrected chi connectivity index (χ3v) is 4.86. The van der Waals surface area contributed by atoms with Crippen LogP contribution in [0.3, 0.4) is 0 Å². The quantitative estimate of drug-likeness (QED) is 0.560. The Morgan fingerprint density at radius 2 is 1.86 bits per heavy atom. The van der Waals surface area contributed by atoms with E-state index in [-0.39, 0.29) is 12.0 Å². The Bertz CT molecular complexity index is 1050. The van der Waals surface area contributed by atoms with Crippen LogP contribution in [0, 0.1) is 0 Å². The Balaban J connectivity index is 1.17. The van der Waals surface area contributed by atoms with Crippen molar-refractivity contribution in [3.8, 4) is 34.5 Å². The summed E-state index contributed by atoms with van der Waals surface area (Å²) in [5.41, 5.74) is 2.79. The van der Waals surface area contributed by atoms with Crippen LogP contribution in [0.4, 0.5) is 0 Å². The maximum absolute atomic E-state index is 9.22. The van der Waals surface area contributed by atoms with Gasteiger partial charge in [0.25, 0.3) is 5.88 Å². The van der Waals surface area contributed by atoms with Crippen molar-refractivity contribution < 1.29 is 18.8 Å². The molecule has 3 aromatic heterocycles. The Morgan fingerprint density at radius 1 is 1.00 bits per heavy atom. The molecule has 0 saturated heterocycles. The number of aromatic hydroxyl groups is 1. The summed E-state index contributed by atoms with van der Waals surface area (Å²) in [7, 11) is 0. The van der Waals surface area contributed by atoms with E-state index in [4.69, 9.17) is 13.7 Å². The van der Waals surface area contributed by atoms with Crippen LogP contribution in [0.5, 0.6) is 11.8 Å². The molecule has 0 bridgehead atoms. The van der Waals surface area contributed by atoms with Crippen LogP contribution < -0.4 is 4.74 Å². The van der Waals surface area contributed by atoms with Crippen molar-refractivity contribution in [1.29, 1.82) is 0 Å². The van der Waals surface area contributed by atoms with Gasteiger partial charge in [-0.25, -0.2) is 15.0 Å². The highest BCUT2D eigenvalue weighted by molar-refractivity contribution is 5.56. The second-order valence-electron chi connectivity index (χ2n) is 6.69. The zero-order chi connectivity index (χ0) is 18.9. The molecule has 8 nitrogen and oxygen atoms in total. The Hall–Kier alpha value is -3.68. The molecule has 0 radical (unpaired) electrons. The van der Waals surface area contributed by atoms with Gasteiger partial charge in [0.15, 0.2) is 17.9 Å². The van der Waals surface area contributed by atoms with Crippen molar-refractivity contribution in [3.05, 3.63) is 60.9 Å². The van der Waals surface area contributed by atoms with Gasteiger partial charge in [-0.15, -0.1) is 0 Å². The summed E-state index contributed by atoms with van der Waals surface area (Å²) in [6.45, 7) is 0. The molecular weight excluding hydrogens is 360 g/mol. The van der Waals surface area contributed by atoms with Gasteiger partial charge in [0.2, 0.25) is 5.88 Å². The topological polar surface area (TPSA) is 107 Å². The summed E-state index contributed by atoms with van der Waals surface area (Å²) >= 11 is 0. The van der Waals surface area contributed by atoms with Crippen LogP contribution in [-0.2, 0) is 0 Å². The first kappa shape index (κ1) is 16.5. The van der Waals surface area contributed by atoms with E-state index in [1.165, 1.54) is 24.2 Å². The van der Waals surface area contributed by atoms with Crippen molar-refractivity contribution in [3.63, 3.8) is 0 Å². The standard InChI is InChI=1S/C20H16N4O4/c25-19-7-17(28-24-19)16-8-23-20(10-22-16)27-15-5-14(6-15)12-1-3-13(4-2-12)18-9-21-11-26-18/h1-4,7-11,14-15H,5-6H2,(H,24,25). The summed E-state index contributed by atoms with van der Waals surface area (Å²) < 4.78 is 16.1. The largest absolute Gasteiger partial charge is 0.491 e. The Kier molecular flexibility index (Phi) is 4.01. The molecule has 1 saturated carbocycles. The van der Waals surface area contributed by atoms with Crippen LogP contribution >= 0.6 is 0 Å². The third-order valence-electron chi connectivity index (χ3n) is 4.86. The van der Waals surface area contributed by atoms with Crippen LogP contribution in [0.2, 0.25) is 0 Å². The molecule has 5 rings (SSSR count). The first-order chi connectivity index (χ1) is 13.7. The SMILES string of the molecule is Oc1cc(-c2cnc(OC3CC(c4ccc(-c5cnco5)cc4)C3)cn2)on1. The smallest absolute Gasteiger partial charge is 0.252 e. The second-order valence-corrected chi connectivity index (χ2v) is 6.69. The molecule has 0 spiro atoms. The molecule has 0 amide bonds. The van der Waals surface area contributed by atoms with E-state index in [0.717, 1.165) is 24.2 Å². The summed E-state index contributed by atoms with van der Waals surface area (Å²) in [5, 5.41) is 12.6. The zero-order valence-corrected chi connectivity index (χ0v) is 14.7. The van der Waals surface area contributed by atoms with E-state index in [1.54, 1.807) is 12.4 Å². The predicted octanol–water partition coefficient (Wildman–Crippen LogP) is 3.82. The van der Waals surface area contributed by atoms with Crippen molar-refractivity contribution in [2.75, 3.05) is 0 Å². The maximum Gasteiger partial charge on any atom is 0.252 e.